The van der Waals surface area contributed by atoms with Gasteiger partial charge in [0.05, 0.1) is 7.11 Å². The van der Waals surface area contributed by atoms with Gasteiger partial charge in [-0.2, -0.15) is 0 Å². The Kier molecular flexibility index (Phi) is 4.34. The number of esters is 1. The zero-order valence-corrected chi connectivity index (χ0v) is 13.5. The Morgan fingerprint density at radius 3 is 2.65 bits per heavy atom. The number of rotatable bonds is 3. The normalized spacial score (nSPS) is 21.0. The fraction of sp³-hybridized carbons (Fsp3) is 0.467. The summed E-state index contributed by atoms with van der Waals surface area (Å²) in [6.07, 6.45) is 0. The Balaban J connectivity index is 2.34. The lowest BCUT2D eigenvalue weighted by Crippen LogP contribution is -2.56. The Labute approximate surface area is 133 Å². The number of fused-ring (bicyclic) bond motifs is 1. The van der Waals surface area contributed by atoms with Crippen molar-refractivity contribution in [2.75, 3.05) is 25.1 Å². The maximum absolute atomic E-state index is 12.1. The van der Waals surface area contributed by atoms with Gasteiger partial charge in [-0.05, 0) is 32.9 Å². The van der Waals surface area contributed by atoms with Gasteiger partial charge in [-0.15, -0.1) is 4.81 Å². The molecule has 1 heterocycles. The van der Waals surface area contributed by atoms with E-state index in [1.165, 1.54) is 24.1 Å². The first kappa shape index (κ1) is 17.2. The lowest BCUT2D eigenvalue weighted by Gasteiger charge is -2.39. The van der Waals surface area contributed by atoms with E-state index in [0.717, 1.165) is 0 Å². The van der Waals surface area contributed by atoms with E-state index in [1.54, 1.807) is 26.8 Å². The number of carbonyl (C=O) groups excluding carboxylic acids is 2. The highest BCUT2D eigenvalue weighted by atomic mass is 16.8. The van der Waals surface area contributed by atoms with Crippen LogP contribution in [0.2, 0.25) is 0 Å². The topological polar surface area (TPSA) is 99.1 Å². The number of anilines is 1. The van der Waals surface area contributed by atoms with Crippen LogP contribution in [0, 0.1) is 5.21 Å². The third-order valence-electron chi connectivity index (χ3n) is 3.25. The van der Waals surface area contributed by atoms with Crippen LogP contribution in [0.3, 0.4) is 0 Å². The Morgan fingerprint density at radius 1 is 1.43 bits per heavy atom. The molecule has 1 aromatic carbocycles. The van der Waals surface area contributed by atoms with Crippen LogP contribution in [-0.4, -0.2) is 42.9 Å². The van der Waals surface area contributed by atoms with E-state index < -0.39 is 28.8 Å². The number of hydrogen-bond acceptors (Lipinski definition) is 7. The molecule has 8 heteroatoms. The van der Waals surface area contributed by atoms with Gasteiger partial charge in [0.25, 0.3) is 0 Å². The van der Waals surface area contributed by atoms with Gasteiger partial charge in [0.2, 0.25) is 5.69 Å². The van der Waals surface area contributed by atoms with Crippen LogP contribution in [0.1, 0.15) is 20.8 Å². The minimum atomic E-state index is -2.13. The number of hydrogen-bond donors (Lipinski definition) is 1. The van der Waals surface area contributed by atoms with Gasteiger partial charge in [-0.3, -0.25) is 4.79 Å². The van der Waals surface area contributed by atoms with Crippen molar-refractivity contribution < 1.29 is 24.3 Å². The second-order valence-corrected chi connectivity index (χ2v) is 6.27. The molecule has 0 spiro atoms. The molecule has 0 radical (unpaired) electrons. The number of nitrogens with zero attached hydrogens (tertiary/aromatic N) is 2. The van der Waals surface area contributed by atoms with E-state index >= 15 is 0 Å². The van der Waals surface area contributed by atoms with Gasteiger partial charge in [0, 0.05) is 6.07 Å². The van der Waals surface area contributed by atoms with Crippen molar-refractivity contribution in [3.63, 3.8) is 0 Å². The predicted octanol–water partition coefficient (Wildman–Crippen LogP) is 1.58. The zero-order valence-electron chi connectivity index (χ0n) is 13.5. The number of quaternary nitrogens is 1. The molecule has 0 aliphatic carbocycles. The third-order valence-corrected chi connectivity index (χ3v) is 3.25. The maximum atomic E-state index is 12.1. The van der Waals surface area contributed by atoms with Crippen molar-refractivity contribution in [3.8, 4) is 5.75 Å². The molecule has 1 aliphatic rings. The fourth-order valence-electron chi connectivity index (χ4n) is 2.29. The zero-order chi connectivity index (χ0) is 17.4. The molecule has 1 N–H and O–H groups in total. The molecule has 2 rings (SSSR count). The van der Waals surface area contributed by atoms with Crippen molar-refractivity contribution in [1.82, 2.24) is 4.81 Å². The van der Waals surface area contributed by atoms with Crippen molar-refractivity contribution in [3.05, 3.63) is 23.4 Å². The first-order valence-electron chi connectivity index (χ1n) is 7.06. The molecule has 0 saturated carbocycles. The number of ether oxygens (including phenoxy) is 2. The quantitative estimate of drug-likeness (QED) is 0.390. The minimum Gasteiger partial charge on any atom is -0.586 e. The fourth-order valence-corrected chi connectivity index (χ4v) is 2.29. The number of benzene rings is 1. The molecule has 1 amide bonds. The molecule has 0 bridgehead atoms. The first-order chi connectivity index (χ1) is 10.5. The average Bonchev–Trinajstić information content (AvgIpc) is 2.42. The van der Waals surface area contributed by atoms with E-state index in [9.17, 15) is 20.0 Å². The summed E-state index contributed by atoms with van der Waals surface area (Å²) in [5.41, 5.74) is -0.562. The maximum Gasteiger partial charge on any atom is 0.370 e. The highest BCUT2D eigenvalue weighted by molar-refractivity contribution is 5.99. The SMILES string of the molecule is COc1ccc2c(c1)[N+]([O-])(O)C(=O)CN2CC(=O)OC(C)(C)C. The highest BCUT2D eigenvalue weighted by Crippen LogP contribution is 2.39. The van der Waals surface area contributed by atoms with Crippen LogP contribution >= 0.6 is 0 Å². The number of methoxy groups -OCH3 is 1. The molecular weight excluding hydrogens is 304 g/mol. The molecule has 1 unspecified atom stereocenters. The molecule has 0 fully saturated rings. The summed E-state index contributed by atoms with van der Waals surface area (Å²) in [7, 11) is 1.40. The third kappa shape index (κ3) is 3.61. The summed E-state index contributed by atoms with van der Waals surface area (Å²) in [5.74, 6) is -1.20. The number of amides is 1. The van der Waals surface area contributed by atoms with Gasteiger partial charge in [-0.25, -0.2) is 10.0 Å². The number of hydroxylamine groups is 2. The molecule has 1 aromatic rings. The average molecular weight is 324 g/mol. The molecule has 0 saturated heterocycles. The van der Waals surface area contributed by atoms with Crippen molar-refractivity contribution in [2.24, 2.45) is 0 Å². The number of carbonyl (C=O) groups is 2. The molecule has 1 aliphatic heterocycles. The second kappa shape index (κ2) is 5.80. The van der Waals surface area contributed by atoms with E-state index in [4.69, 9.17) is 9.47 Å². The summed E-state index contributed by atoms with van der Waals surface area (Å²) < 4.78 is 10.2. The standard InChI is InChI=1S/C15H20N2O6/c1-15(2,3)23-14(19)9-16-8-13(18)17(20,21)12-7-10(22-4)5-6-11(12)16/h5-7,20H,8-9H2,1-4H3. The van der Waals surface area contributed by atoms with Gasteiger partial charge in [0.1, 0.15) is 30.1 Å². The van der Waals surface area contributed by atoms with Crippen LogP contribution in [0.5, 0.6) is 5.75 Å². The predicted molar refractivity (Wildman–Crippen MR) is 83.0 cm³/mol. The lowest BCUT2D eigenvalue weighted by atomic mass is 10.1. The first-order valence-corrected chi connectivity index (χ1v) is 7.06. The Bertz CT molecular complexity index is 635. The largest absolute Gasteiger partial charge is 0.586 e. The molecule has 0 aromatic heterocycles. The minimum absolute atomic E-state index is 0.191. The van der Waals surface area contributed by atoms with Crippen LogP contribution in [0.25, 0.3) is 0 Å². The molecule has 8 nitrogen and oxygen atoms in total. The van der Waals surface area contributed by atoms with E-state index in [0.29, 0.717) is 5.75 Å². The Morgan fingerprint density at radius 2 is 2.09 bits per heavy atom. The van der Waals surface area contributed by atoms with Gasteiger partial charge < -0.3 is 19.6 Å². The van der Waals surface area contributed by atoms with Crippen LogP contribution in [0.15, 0.2) is 18.2 Å². The summed E-state index contributed by atoms with van der Waals surface area (Å²) in [6.45, 7) is 4.61. The van der Waals surface area contributed by atoms with Crippen molar-refractivity contribution in [2.45, 2.75) is 26.4 Å². The second-order valence-electron chi connectivity index (χ2n) is 6.27. The van der Waals surface area contributed by atoms with Crippen molar-refractivity contribution in [1.29, 1.82) is 0 Å². The molecular formula is C15H20N2O6. The summed E-state index contributed by atoms with van der Waals surface area (Å²) in [6, 6.07) is 4.38. The Hall–Kier alpha value is -2.16. The monoisotopic (exact) mass is 324 g/mol. The summed E-state index contributed by atoms with van der Waals surface area (Å²) >= 11 is 0. The van der Waals surface area contributed by atoms with Crippen LogP contribution in [-0.2, 0) is 14.3 Å². The van der Waals surface area contributed by atoms with Gasteiger partial charge >= 0.3 is 11.9 Å². The van der Waals surface area contributed by atoms with E-state index in [1.807, 2.05) is 0 Å². The van der Waals surface area contributed by atoms with Crippen LogP contribution < -0.4 is 14.4 Å². The lowest BCUT2D eigenvalue weighted by molar-refractivity contribution is -0.154. The summed E-state index contributed by atoms with van der Waals surface area (Å²) in [4.78, 5) is 23.2. The van der Waals surface area contributed by atoms with Crippen molar-refractivity contribution >= 4 is 23.3 Å². The van der Waals surface area contributed by atoms with Gasteiger partial charge in [-0.1, -0.05) is 0 Å². The molecule has 23 heavy (non-hydrogen) atoms. The highest BCUT2D eigenvalue weighted by Gasteiger charge is 2.41. The molecule has 1 atom stereocenters. The van der Waals surface area contributed by atoms with E-state index in [-0.39, 0.29) is 17.9 Å². The van der Waals surface area contributed by atoms with Gasteiger partial charge in [0.15, 0.2) is 0 Å². The molecule has 126 valence electrons. The van der Waals surface area contributed by atoms with E-state index in [2.05, 4.69) is 0 Å². The smallest absolute Gasteiger partial charge is 0.370 e. The summed E-state index contributed by atoms with van der Waals surface area (Å²) in [5, 5.41) is 22.0. The van der Waals surface area contributed by atoms with Crippen LogP contribution in [0.4, 0.5) is 11.4 Å².